The van der Waals surface area contributed by atoms with Crippen molar-refractivity contribution in [1.82, 2.24) is 0 Å². The Morgan fingerprint density at radius 3 is 1.12 bits per heavy atom. The van der Waals surface area contributed by atoms with E-state index in [-0.39, 0.29) is 0 Å². The van der Waals surface area contributed by atoms with Crippen LogP contribution < -0.4 is 18.9 Å². The second kappa shape index (κ2) is 9.46. The Balaban J connectivity index is 1.91. The van der Waals surface area contributed by atoms with Gasteiger partial charge in [-0.1, -0.05) is 72.3 Å². The minimum Gasteiger partial charge on any atom is -0.267 e. The number of rotatable bonds is 7. The maximum absolute atomic E-state index is 6.74. The molecule has 0 amide bonds. The van der Waals surface area contributed by atoms with E-state index in [1.807, 2.05) is 106 Å². The summed E-state index contributed by atoms with van der Waals surface area (Å²) < 4.78 is 20.2. The van der Waals surface area contributed by atoms with Crippen LogP contribution in [0.5, 0.6) is 17.2 Å². The molecule has 0 N–H and O–H groups in total. The zero-order chi connectivity index (χ0) is 22.6. The van der Waals surface area contributed by atoms with Crippen molar-refractivity contribution in [3.05, 3.63) is 119 Å². The third-order valence-corrected chi connectivity index (χ3v) is 7.53. The highest BCUT2D eigenvalue weighted by atomic mass is 31.2. The van der Waals surface area contributed by atoms with Gasteiger partial charge in [-0.3, -0.25) is 13.6 Å². The molecule has 0 bridgehead atoms. The van der Waals surface area contributed by atoms with Crippen LogP contribution in [0.1, 0.15) is 22.3 Å². The second-order valence-electron chi connectivity index (χ2n) is 7.90. The molecule has 0 unspecified atom stereocenters. The molecular formula is C28H28O3P+. The lowest BCUT2D eigenvalue weighted by Gasteiger charge is -2.24. The van der Waals surface area contributed by atoms with E-state index in [0.717, 1.165) is 44.8 Å². The quantitative estimate of drug-likeness (QED) is 0.276. The van der Waals surface area contributed by atoms with Crippen molar-refractivity contribution >= 4 is 13.2 Å². The van der Waals surface area contributed by atoms with Gasteiger partial charge < -0.3 is 0 Å². The van der Waals surface area contributed by atoms with E-state index >= 15 is 0 Å². The van der Waals surface area contributed by atoms with E-state index in [0.29, 0.717) is 0 Å². The first-order valence-corrected chi connectivity index (χ1v) is 12.2. The molecule has 4 aromatic rings. The molecule has 0 heterocycles. The van der Waals surface area contributed by atoms with Gasteiger partial charge in [0.15, 0.2) is 17.2 Å². The largest absolute Gasteiger partial charge is 0.580 e. The second-order valence-corrected chi connectivity index (χ2v) is 9.96. The van der Waals surface area contributed by atoms with Crippen molar-refractivity contribution in [3.8, 4) is 17.2 Å². The van der Waals surface area contributed by atoms with E-state index in [2.05, 4.69) is 19.1 Å². The zero-order valence-electron chi connectivity index (χ0n) is 18.9. The number of benzene rings is 4. The molecule has 4 heteroatoms. The summed E-state index contributed by atoms with van der Waals surface area (Å²) in [6, 6.07) is 32.1. The normalized spacial score (nSPS) is 11.1. The number of para-hydroxylation sites is 3. The van der Waals surface area contributed by atoms with Crippen LogP contribution in [0, 0.1) is 27.7 Å². The summed E-state index contributed by atoms with van der Waals surface area (Å²) in [5.41, 5.74) is 4.22. The van der Waals surface area contributed by atoms with Crippen LogP contribution in [-0.2, 0) is 0 Å². The molecule has 32 heavy (non-hydrogen) atoms. The molecule has 0 aliphatic carbocycles. The minimum absolute atomic E-state index is 0.739. The lowest BCUT2D eigenvalue weighted by molar-refractivity contribution is 0.366. The number of hydrogen-bond donors (Lipinski definition) is 0. The topological polar surface area (TPSA) is 27.7 Å². The van der Waals surface area contributed by atoms with E-state index in [1.54, 1.807) is 0 Å². The average molecular weight is 444 g/mol. The van der Waals surface area contributed by atoms with Crippen molar-refractivity contribution in [1.29, 1.82) is 0 Å². The van der Waals surface area contributed by atoms with Gasteiger partial charge in [0.25, 0.3) is 0 Å². The van der Waals surface area contributed by atoms with Gasteiger partial charge in [-0.05, 0) is 74.7 Å². The lowest BCUT2D eigenvalue weighted by Crippen LogP contribution is -2.27. The summed E-state index contributed by atoms with van der Waals surface area (Å²) in [5.74, 6) is 2.22. The van der Waals surface area contributed by atoms with Crippen LogP contribution in [0.25, 0.3) is 0 Å². The predicted molar refractivity (Wildman–Crippen MR) is 133 cm³/mol. The number of hydrogen-bond acceptors (Lipinski definition) is 3. The first-order chi connectivity index (χ1) is 15.5. The van der Waals surface area contributed by atoms with Crippen molar-refractivity contribution in [3.63, 3.8) is 0 Å². The van der Waals surface area contributed by atoms with Crippen molar-refractivity contribution in [2.45, 2.75) is 27.7 Å². The monoisotopic (exact) mass is 443 g/mol. The van der Waals surface area contributed by atoms with Crippen LogP contribution in [-0.4, -0.2) is 0 Å². The Bertz CT molecular complexity index is 1090. The van der Waals surface area contributed by atoms with Gasteiger partial charge in [-0.2, -0.15) is 0 Å². The minimum atomic E-state index is -3.11. The summed E-state index contributed by atoms with van der Waals surface area (Å²) >= 11 is 0. The molecule has 0 aromatic heterocycles. The smallest absolute Gasteiger partial charge is 0.267 e. The fraction of sp³-hybridized carbons (Fsp3) is 0.143. The Morgan fingerprint density at radius 2 is 0.781 bits per heavy atom. The van der Waals surface area contributed by atoms with E-state index < -0.39 is 7.94 Å². The molecule has 0 aliphatic heterocycles. The molecule has 0 saturated heterocycles. The Hall–Kier alpha value is -3.29. The van der Waals surface area contributed by atoms with Gasteiger partial charge >= 0.3 is 7.94 Å². The van der Waals surface area contributed by atoms with Crippen molar-refractivity contribution < 1.29 is 13.6 Å². The maximum Gasteiger partial charge on any atom is 0.580 e. The van der Waals surface area contributed by atoms with Crippen molar-refractivity contribution in [2.75, 3.05) is 0 Å². The Morgan fingerprint density at radius 1 is 0.438 bits per heavy atom. The van der Waals surface area contributed by atoms with Crippen LogP contribution in [0.3, 0.4) is 0 Å². The SMILES string of the molecule is Cc1ccc([P+](Oc2ccccc2C)(Oc2ccccc2C)Oc2ccccc2C)cc1. The molecule has 162 valence electrons. The highest BCUT2D eigenvalue weighted by molar-refractivity contribution is 7.70. The fourth-order valence-corrected chi connectivity index (χ4v) is 5.64. The van der Waals surface area contributed by atoms with Crippen LogP contribution in [0.15, 0.2) is 97.1 Å². The first-order valence-electron chi connectivity index (χ1n) is 10.7. The van der Waals surface area contributed by atoms with Crippen LogP contribution in [0.2, 0.25) is 0 Å². The molecule has 0 spiro atoms. The molecule has 0 atom stereocenters. The van der Waals surface area contributed by atoms with Gasteiger partial charge in [0.2, 0.25) is 5.30 Å². The summed E-state index contributed by atoms with van der Waals surface area (Å²) in [6.07, 6.45) is 0. The third kappa shape index (κ3) is 4.79. The van der Waals surface area contributed by atoms with Gasteiger partial charge in [0.1, 0.15) is 0 Å². The molecule has 0 radical (unpaired) electrons. The maximum atomic E-state index is 6.74. The summed E-state index contributed by atoms with van der Waals surface area (Å²) in [7, 11) is -3.11. The fourth-order valence-electron chi connectivity index (χ4n) is 3.31. The molecule has 0 fully saturated rings. The summed E-state index contributed by atoms with van der Waals surface area (Å²) in [4.78, 5) is 0. The highest BCUT2D eigenvalue weighted by Gasteiger charge is 2.54. The van der Waals surface area contributed by atoms with Gasteiger partial charge in [-0.15, -0.1) is 0 Å². The molecule has 0 saturated carbocycles. The van der Waals surface area contributed by atoms with E-state index in [4.69, 9.17) is 13.6 Å². The number of aryl methyl sites for hydroxylation is 4. The van der Waals surface area contributed by atoms with Crippen LogP contribution in [0.4, 0.5) is 0 Å². The Kier molecular flexibility index (Phi) is 6.48. The highest BCUT2D eigenvalue weighted by Crippen LogP contribution is 2.60. The lowest BCUT2D eigenvalue weighted by atomic mass is 10.2. The standard InChI is InChI=1S/C28H28O3P/c1-21-17-19-25(20-18-21)32(29-26-14-8-5-11-22(26)2,30-27-15-9-6-12-23(27)3)31-28-16-10-7-13-24(28)4/h5-20H,1-4H3/q+1. The van der Waals surface area contributed by atoms with Gasteiger partial charge in [0.05, 0.1) is 0 Å². The molecular weight excluding hydrogens is 415 g/mol. The summed E-state index contributed by atoms with van der Waals surface area (Å²) in [6.45, 7) is 8.15. The van der Waals surface area contributed by atoms with Crippen molar-refractivity contribution in [2.24, 2.45) is 0 Å². The molecule has 4 rings (SSSR count). The van der Waals surface area contributed by atoms with Gasteiger partial charge in [0, 0.05) is 0 Å². The molecule has 3 nitrogen and oxygen atoms in total. The third-order valence-electron chi connectivity index (χ3n) is 5.29. The zero-order valence-corrected chi connectivity index (χ0v) is 19.8. The molecule has 0 aliphatic rings. The first kappa shape index (κ1) is 21.9. The van der Waals surface area contributed by atoms with Crippen LogP contribution >= 0.6 is 7.94 Å². The Labute approximate surface area is 191 Å². The average Bonchev–Trinajstić information content (AvgIpc) is 2.79. The summed E-state index contributed by atoms with van der Waals surface area (Å²) in [5, 5.41) is 0.873. The predicted octanol–water partition coefficient (Wildman–Crippen LogP) is 7.55. The van der Waals surface area contributed by atoms with E-state index in [1.165, 1.54) is 0 Å². The van der Waals surface area contributed by atoms with E-state index in [9.17, 15) is 0 Å². The molecule has 4 aromatic carbocycles. The van der Waals surface area contributed by atoms with Gasteiger partial charge in [-0.25, -0.2) is 0 Å².